The van der Waals surface area contributed by atoms with Gasteiger partial charge in [0, 0.05) is 12.5 Å². The van der Waals surface area contributed by atoms with Crippen molar-refractivity contribution >= 4 is 33.9 Å². The highest BCUT2D eigenvalue weighted by molar-refractivity contribution is 7.17. The van der Waals surface area contributed by atoms with Crippen molar-refractivity contribution in [3.8, 4) is 17.3 Å². The van der Waals surface area contributed by atoms with Crippen LogP contribution in [0.2, 0.25) is 0 Å². The zero-order valence-corrected chi connectivity index (χ0v) is 18.7. The first-order valence-electron chi connectivity index (χ1n) is 9.75. The average molecular weight is 416 g/mol. The van der Waals surface area contributed by atoms with Gasteiger partial charge in [-0.15, -0.1) is 0 Å². The van der Waals surface area contributed by atoms with E-state index in [1.165, 1.54) is 23.8 Å². The molecule has 0 aliphatic heterocycles. The van der Waals surface area contributed by atoms with Gasteiger partial charge in [-0.05, 0) is 29.5 Å². The van der Waals surface area contributed by atoms with E-state index in [1.807, 2.05) is 49.4 Å². The molecule has 152 valence electrons. The smallest absolute Gasteiger partial charge is 0.221 e. The van der Waals surface area contributed by atoms with Crippen LogP contribution in [0.25, 0.3) is 22.9 Å². The Morgan fingerprint density at radius 2 is 1.73 bits per heavy atom. The maximum atomic E-state index is 11.7. The van der Waals surface area contributed by atoms with E-state index < -0.39 is 0 Å². The monoisotopic (exact) mass is 415 g/mol. The van der Waals surface area contributed by atoms with Crippen molar-refractivity contribution in [2.24, 2.45) is 0 Å². The van der Waals surface area contributed by atoms with Crippen LogP contribution in [-0.4, -0.2) is 10.9 Å². The van der Waals surface area contributed by atoms with Gasteiger partial charge in [-0.3, -0.25) is 4.79 Å². The van der Waals surface area contributed by atoms with Gasteiger partial charge in [-0.25, -0.2) is 4.98 Å². The molecular formula is C25H25N3OS. The van der Waals surface area contributed by atoms with Crippen molar-refractivity contribution in [3.05, 3.63) is 70.2 Å². The Hall–Kier alpha value is -3.23. The number of rotatable bonds is 4. The summed E-state index contributed by atoms with van der Waals surface area (Å²) in [5.41, 5.74) is 5.44. The Labute approximate surface area is 181 Å². The van der Waals surface area contributed by atoms with E-state index in [4.69, 9.17) is 4.98 Å². The van der Waals surface area contributed by atoms with Gasteiger partial charge in [0.2, 0.25) is 5.91 Å². The summed E-state index contributed by atoms with van der Waals surface area (Å²) >= 11 is 1.31. The van der Waals surface area contributed by atoms with Crippen LogP contribution in [0, 0.1) is 18.3 Å². The zero-order valence-electron chi connectivity index (χ0n) is 17.9. The number of hydrogen-bond donors (Lipinski definition) is 1. The number of carbonyl (C=O) groups excluding carboxylic acids is 1. The number of anilines is 1. The van der Waals surface area contributed by atoms with Crippen LogP contribution >= 0.6 is 11.3 Å². The number of nitrogens with zero attached hydrogens (tertiary/aromatic N) is 2. The van der Waals surface area contributed by atoms with Gasteiger partial charge in [0.25, 0.3) is 0 Å². The van der Waals surface area contributed by atoms with Crippen LogP contribution in [0.5, 0.6) is 0 Å². The molecule has 0 bridgehead atoms. The van der Waals surface area contributed by atoms with Crippen molar-refractivity contribution in [1.82, 2.24) is 4.98 Å². The fraction of sp³-hybridized carbons (Fsp3) is 0.240. The first-order chi connectivity index (χ1) is 14.2. The van der Waals surface area contributed by atoms with Gasteiger partial charge < -0.3 is 5.32 Å². The van der Waals surface area contributed by atoms with Crippen LogP contribution in [0.4, 0.5) is 5.00 Å². The Morgan fingerprint density at radius 1 is 1.10 bits per heavy atom. The number of thiazole rings is 1. The molecule has 0 saturated heterocycles. The molecule has 3 rings (SSSR count). The fourth-order valence-electron chi connectivity index (χ4n) is 2.97. The minimum absolute atomic E-state index is 0.0752. The van der Waals surface area contributed by atoms with Crippen molar-refractivity contribution in [1.29, 1.82) is 5.26 Å². The predicted molar refractivity (Wildman–Crippen MR) is 125 cm³/mol. The van der Waals surface area contributed by atoms with Crippen LogP contribution in [0.3, 0.4) is 0 Å². The van der Waals surface area contributed by atoms with Crippen LogP contribution in [0.15, 0.2) is 48.5 Å². The van der Waals surface area contributed by atoms with Crippen LogP contribution < -0.4 is 5.32 Å². The Kier molecular flexibility index (Phi) is 6.19. The van der Waals surface area contributed by atoms with E-state index in [9.17, 15) is 10.1 Å². The molecule has 5 heteroatoms. The molecule has 1 amide bonds. The highest BCUT2D eigenvalue weighted by Crippen LogP contribution is 2.36. The molecule has 2 aromatic carbocycles. The predicted octanol–water partition coefficient (Wildman–Crippen LogP) is 6.44. The number of nitriles is 1. The number of carbonyl (C=O) groups is 1. The first kappa shape index (κ1) is 21.5. The van der Waals surface area contributed by atoms with E-state index in [-0.39, 0.29) is 11.3 Å². The van der Waals surface area contributed by atoms with Gasteiger partial charge in [0.05, 0.1) is 5.57 Å². The number of allylic oxidation sites excluding steroid dienone is 1. The SMILES string of the molecule is CC(=O)Nc1sc(/C(C#N)=C\c2ccc(C(C)(C)C)cc2)nc1-c1ccc(C)cc1. The Bertz CT molecular complexity index is 1130. The molecule has 1 aromatic heterocycles. The highest BCUT2D eigenvalue weighted by atomic mass is 32.1. The number of aryl methyl sites for hydroxylation is 1. The number of benzene rings is 2. The van der Waals surface area contributed by atoms with Gasteiger partial charge in [0.1, 0.15) is 21.8 Å². The van der Waals surface area contributed by atoms with Gasteiger partial charge in [-0.1, -0.05) is 86.2 Å². The maximum absolute atomic E-state index is 11.7. The van der Waals surface area contributed by atoms with Crippen LogP contribution in [-0.2, 0) is 10.2 Å². The zero-order chi connectivity index (χ0) is 21.9. The molecule has 0 unspecified atom stereocenters. The Morgan fingerprint density at radius 3 is 2.27 bits per heavy atom. The molecule has 3 aromatic rings. The molecular weight excluding hydrogens is 390 g/mol. The van der Waals surface area contributed by atoms with Crippen molar-refractivity contribution in [2.45, 2.75) is 40.0 Å². The maximum Gasteiger partial charge on any atom is 0.221 e. The molecule has 4 nitrogen and oxygen atoms in total. The van der Waals surface area contributed by atoms with Crippen LogP contribution in [0.1, 0.15) is 49.4 Å². The standard InChI is InChI=1S/C25H25N3OS/c1-16-6-10-19(11-7-16)22-24(27-17(2)29)30-23(28-22)20(15-26)14-18-8-12-21(13-9-18)25(3,4)5/h6-14H,1-5H3,(H,27,29)/b20-14-. The summed E-state index contributed by atoms with van der Waals surface area (Å²) in [6, 6.07) is 18.4. The lowest BCUT2D eigenvalue weighted by molar-refractivity contribution is -0.114. The third-order valence-corrected chi connectivity index (χ3v) is 5.68. The fourth-order valence-corrected chi connectivity index (χ4v) is 3.97. The summed E-state index contributed by atoms with van der Waals surface area (Å²) in [5, 5.41) is 13.9. The molecule has 1 N–H and O–H groups in total. The average Bonchev–Trinajstić information content (AvgIpc) is 3.09. The van der Waals surface area contributed by atoms with Gasteiger partial charge in [0.15, 0.2) is 0 Å². The van der Waals surface area contributed by atoms with Crippen molar-refractivity contribution < 1.29 is 4.79 Å². The first-order valence-corrected chi connectivity index (χ1v) is 10.6. The summed E-state index contributed by atoms with van der Waals surface area (Å²) in [6.07, 6.45) is 1.84. The summed E-state index contributed by atoms with van der Waals surface area (Å²) < 4.78 is 0. The third-order valence-electron chi connectivity index (χ3n) is 4.68. The van der Waals surface area contributed by atoms with Crippen molar-refractivity contribution in [3.63, 3.8) is 0 Å². The largest absolute Gasteiger partial charge is 0.316 e. The lowest BCUT2D eigenvalue weighted by Crippen LogP contribution is -2.10. The lowest BCUT2D eigenvalue weighted by atomic mass is 9.86. The van der Waals surface area contributed by atoms with E-state index in [0.717, 1.165) is 16.7 Å². The second kappa shape index (κ2) is 8.64. The quantitative estimate of drug-likeness (QED) is 0.499. The molecule has 0 radical (unpaired) electrons. The summed E-state index contributed by atoms with van der Waals surface area (Å²) in [7, 11) is 0. The molecule has 0 spiro atoms. The number of nitrogens with one attached hydrogen (secondary N) is 1. The number of aromatic nitrogens is 1. The molecule has 30 heavy (non-hydrogen) atoms. The molecule has 0 saturated carbocycles. The lowest BCUT2D eigenvalue weighted by Gasteiger charge is -2.18. The third kappa shape index (κ3) is 5.03. The second-order valence-electron chi connectivity index (χ2n) is 8.29. The summed E-state index contributed by atoms with van der Waals surface area (Å²) in [6.45, 7) is 10.0. The van der Waals surface area contributed by atoms with Gasteiger partial charge >= 0.3 is 0 Å². The van der Waals surface area contributed by atoms with Gasteiger partial charge in [-0.2, -0.15) is 5.26 Å². The molecule has 0 aliphatic rings. The Balaban J connectivity index is 2.02. The second-order valence-corrected chi connectivity index (χ2v) is 9.28. The number of amides is 1. The minimum Gasteiger partial charge on any atom is -0.316 e. The summed E-state index contributed by atoms with van der Waals surface area (Å²) in [5.74, 6) is -0.168. The topological polar surface area (TPSA) is 65.8 Å². The van der Waals surface area contributed by atoms with E-state index >= 15 is 0 Å². The number of hydrogen-bond acceptors (Lipinski definition) is 4. The van der Waals surface area contributed by atoms with Crippen molar-refractivity contribution in [2.75, 3.05) is 5.32 Å². The molecule has 0 fully saturated rings. The highest BCUT2D eigenvalue weighted by Gasteiger charge is 2.17. The molecule has 0 aliphatic carbocycles. The minimum atomic E-state index is -0.168. The summed E-state index contributed by atoms with van der Waals surface area (Å²) in [4.78, 5) is 16.4. The van der Waals surface area contributed by atoms with E-state index in [2.05, 4.69) is 44.3 Å². The van der Waals surface area contributed by atoms with E-state index in [0.29, 0.717) is 21.3 Å². The molecule has 0 atom stereocenters. The molecule has 1 heterocycles. The van der Waals surface area contributed by atoms with E-state index in [1.54, 1.807) is 0 Å². The normalized spacial score (nSPS) is 11.8.